The number of nitrogens with zero attached hydrogens (tertiary/aromatic N) is 2. The van der Waals surface area contributed by atoms with E-state index >= 15 is 0 Å². The number of hydrogen-bond acceptors (Lipinski definition) is 4. The van der Waals surface area contributed by atoms with Crippen LogP contribution in [0.25, 0.3) is 0 Å². The summed E-state index contributed by atoms with van der Waals surface area (Å²) in [6.07, 6.45) is 1.54. The molecule has 1 N–H and O–H groups in total. The van der Waals surface area contributed by atoms with Crippen molar-refractivity contribution in [2.45, 2.75) is 18.7 Å². The van der Waals surface area contributed by atoms with Crippen LogP contribution in [0, 0.1) is 11.8 Å². The summed E-state index contributed by atoms with van der Waals surface area (Å²) in [4.78, 5) is 32.7. The number of benzene rings is 2. The number of hydroxylamine groups is 2. The summed E-state index contributed by atoms with van der Waals surface area (Å²) < 4.78 is 1.40. The predicted octanol–water partition coefficient (Wildman–Crippen LogP) is 2.44. The first kappa shape index (κ1) is 18.0. The van der Waals surface area contributed by atoms with Gasteiger partial charge < -0.3 is 0 Å². The smallest absolute Gasteiger partial charge is 0.273 e. The minimum atomic E-state index is -0.517. The first-order valence-corrected chi connectivity index (χ1v) is 8.99. The summed E-state index contributed by atoms with van der Waals surface area (Å²) >= 11 is 0. The van der Waals surface area contributed by atoms with Gasteiger partial charge in [0.2, 0.25) is 0 Å². The monoisotopic (exact) mass is 373 g/mol. The molecule has 6 nitrogen and oxygen atoms in total. The van der Waals surface area contributed by atoms with E-state index in [-0.39, 0.29) is 11.6 Å². The van der Waals surface area contributed by atoms with Crippen LogP contribution in [0.3, 0.4) is 0 Å². The maximum atomic E-state index is 12.4. The van der Waals surface area contributed by atoms with Crippen molar-refractivity contribution in [2.24, 2.45) is 0 Å². The summed E-state index contributed by atoms with van der Waals surface area (Å²) in [7, 11) is 1.84. The fourth-order valence-corrected chi connectivity index (χ4v) is 3.28. The molecule has 1 aromatic heterocycles. The second kappa shape index (κ2) is 7.69. The molecule has 0 radical (unpaired) electrons. The molecular weight excluding hydrogens is 354 g/mol. The maximum Gasteiger partial charge on any atom is 0.330 e. The maximum absolute atomic E-state index is 12.4. The van der Waals surface area contributed by atoms with E-state index in [4.69, 9.17) is 4.84 Å². The van der Waals surface area contributed by atoms with Gasteiger partial charge in [-0.1, -0.05) is 60.4 Å². The van der Waals surface area contributed by atoms with Crippen LogP contribution in [0.5, 0.6) is 0 Å². The van der Waals surface area contributed by atoms with Gasteiger partial charge in [0.15, 0.2) is 6.23 Å². The number of nitrogens with one attached hydrogen (secondary N) is 1. The molecule has 1 aliphatic heterocycles. The van der Waals surface area contributed by atoms with Gasteiger partial charge in [-0.15, -0.1) is 0 Å². The summed E-state index contributed by atoms with van der Waals surface area (Å²) in [6, 6.07) is 19.3. The van der Waals surface area contributed by atoms with Crippen LogP contribution in [0.2, 0.25) is 0 Å². The van der Waals surface area contributed by atoms with Gasteiger partial charge in [-0.25, -0.2) is 4.79 Å². The normalized spacial score (nSPS) is 19.2. The molecule has 28 heavy (non-hydrogen) atoms. The SMILES string of the molecule is CN1OC(n2cc(C#Cc3ccccc3)c(=O)[nH]c2=O)CC1c1ccccc1. The van der Waals surface area contributed by atoms with Gasteiger partial charge >= 0.3 is 5.69 Å². The highest BCUT2D eigenvalue weighted by Gasteiger charge is 2.33. The van der Waals surface area contributed by atoms with Gasteiger partial charge in [0.1, 0.15) is 5.56 Å². The van der Waals surface area contributed by atoms with Crippen LogP contribution in [-0.4, -0.2) is 21.7 Å². The molecule has 3 aromatic rings. The molecule has 2 unspecified atom stereocenters. The van der Waals surface area contributed by atoms with E-state index in [9.17, 15) is 9.59 Å². The van der Waals surface area contributed by atoms with E-state index in [2.05, 4.69) is 16.8 Å². The number of aromatic amines is 1. The van der Waals surface area contributed by atoms with Crippen LogP contribution >= 0.6 is 0 Å². The van der Waals surface area contributed by atoms with Crippen molar-refractivity contribution in [1.82, 2.24) is 14.6 Å². The molecular formula is C22H19N3O3. The summed E-state index contributed by atoms with van der Waals surface area (Å²) in [5.74, 6) is 5.80. The highest BCUT2D eigenvalue weighted by Crippen LogP contribution is 2.37. The van der Waals surface area contributed by atoms with Gasteiger partial charge in [0, 0.05) is 25.2 Å². The molecule has 0 aliphatic carbocycles. The Labute approximate surface area is 162 Å². The van der Waals surface area contributed by atoms with Crippen molar-refractivity contribution in [3.8, 4) is 11.8 Å². The van der Waals surface area contributed by atoms with Crippen LogP contribution in [0.15, 0.2) is 76.4 Å². The van der Waals surface area contributed by atoms with E-state index in [0.29, 0.717) is 6.42 Å². The lowest BCUT2D eigenvalue weighted by Gasteiger charge is -2.17. The van der Waals surface area contributed by atoms with E-state index < -0.39 is 17.5 Å². The van der Waals surface area contributed by atoms with Gasteiger partial charge in [-0.05, 0) is 17.7 Å². The Kier molecular flexibility index (Phi) is 4.94. The summed E-state index contributed by atoms with van der Waals surface area (Å²) in [5.41, 5.74) is 1.10. The molecule has 2 heterocycles. The number of H-pyrrole nitrogens is 1. The highest BCUT2D eigenvalue weighted by atomic mass is 16.7. The average molecular weight is 373 g/mol. The Morgan fingerprint density at radius 3 is 2.39 bits per heavy atom. The standard InChI is InChI=1S/C22H19N3O3/c1-24-19(17-10-6-3-7-11-17)14-20(28-24)25-15-18(21(26)23-22(25)27)13-12-16-8-4-2-5-9-16/h2-11,15,19-20H,14H2,1H3,(H,23,26,27). The molecule has 1 saturated heterocycles. The summed E-state index contributed by atoms with van der Waals surface area (Å²) in [5, 5.41) is 1.74. The molecule has 6 heteroatoms. The molecule has 1 fully saturated rings. The Hall–Kier alpha value is -3.40. The Balaban J connectivity index is 1.65. The average Bonchev–Trinajstić information content (AvgIpc) is 3.10. The van der Waals surface area contributed by atoms with Crippen molar-refractivity contribution in [1.29, 1.82) is 0 Å². The van der Waals surface area contributed by atoms with Gasteiger partial charge in [0.05, 0.1) is 6.04 Å². The van der Waals surface area contributed by atoms with E-state index in [1.54, 1.807) is 5.06 Å². The fraction of sp³-hybridized carbons (Fsp3) is 0.182. The topological polar surface area (TPSA) is 67.3 Å². The minimum Gasteiger partial charge on any atom is -0.273 e. The number of hydrogen-bond donors (Lipinski definition) is 1. The zero-order chi connectivity index (χ0) is 19.5. The molecule has 0 bridgehead atoms. The van der Waals surface area contributed by atoms with Gasteiger partial charge in [-0.2, -0.15) is 5.06 Å². The first-order valence-electron chi connectivity index (χ1n) is 8.99. The Morgan fingerprint density at radius 2 is 1.68 bits per heavy atom. The Bertz CT molecular complexity index is 1140. The summed E-state index contributed by atoms with van der Waals surface area (Å²) in [6.45, 7) is 0. The second-order valence-corrected chi connectivity index (χ2v) is 6.59. The third-order valence-corrected chi connectivity index (χ3v) is 4.73. The predicted molar refractivity (Wildman–Crippen MR) is 105 cm³/mol. The third kappa shape index (κ3) is 3.67. The molecule has 0 saturated carbocycles. The third-order valence-electron chi connectivity index (χ3n) is 4.73. The van der Waals surface area contributed by atoms with E-state index in [1.165, 1.54) is 10.8 Å². The second-order valence-electron chi connectivity index (χ2n) is 6.59. The minimum absolute atomic E-state index is 0.0175. The molecule has 4 rings (SSSR count). The number of aromatic nitrogens is 2. The van der Waals surface area contributed by atoms with Crippen molar-refractivity contribution in [3.05, 3.63) is 104 Å². The first-order chi connectivity index (χ1) is 13.6. The zero-order valence-corrected chi connectivity index (χ0v) is 15.3. The van der Waals surface area contributed by atoms with Crippen molar-refractivity contribution in [2.75, 3.05) is 7.05 Å². The molecule has 1 aliphatic rings. The quantitative estimate of drug-likeness (QED) is 0.701. The largest absolute Gasteiger partial charge is 0.330 e. The molecule has 140 valence electrons. The van der Waals surface area contributed by atoms with Crippen molar-refractivity contribution in [3.63, 3.8) is 0 Å². The van der Waals surface area contributed by atoms with Crippen LogP contribution in [0.1, 0.15) is 35.4 Å². The lowest BCUT2D eigenvalue weighted by atomic mass is 10.0. The van der Waals surface area contributed by atoms with E-state index in [0.717, 1.165) is 11.1 Å². The van der Waals surface area contributed by atoms with Crippen molar-refractivity contribution < 1.29 is 4.84 Å². The van der Waals surface area contributed by atoms with Crippen LogP contribution in [-0.2, 0) is 4.84 Å². The van der Waals surface area contributed by atoms with E-state index in [1.807, 2.05) is 67.7 Å². The zero-order valence-electron chi connectivity index (χ0n) is 15.3. The van der Waals surface area contributed by atoms with Gasteiger partial charge in [-0.3, -0.25) is 19.2 Å². The molecule has 0 amide bonds. The lowest BCUT2D eigenvalue weighted by Crippen LogP contribution is -2.33. The molecule has 0 spiro atoms. The fourth-order valence-electron chi connectivity index (χ4n) is 3.28. The lowest BCUT2D eigenvalue weighted by molar-refractivity contribution is -0.167. The highest BCUT2D eigenvalue weighted by molar-refractivity contribution is 5.40. The Morgan fingerprint density at radius 1 is 1.00 bits per heavy atom. The van der Waals surface area contributed by atoms with Crippen LogP contribution < -0.4 is 11.2 Å². The van der Waals surface area contributed by atoms with Gasteiger partial charge in [0.25, 0.3) is 5.56 Å². The molecule has 2 atom stereocenters. The molecule has 2 aromatic carbocycles. The number of rotatable bonds is 2. The van der Waals surface area contributed by atoms with Crippen molar-refractivity contribution >= 4 is 0 Å². The van der Waals surface area contributed by atoms with Crippen LogP contribution in [0.4, 0.5) is 0 Å².